The van der Waals surface area contributed by atoms with Gasteiger partial charge in [0.2, 0.25) is 0 Å². The third-order valence-electron chi connectivity index (χ3n) is 2.88. The molecule has 0 fully saturated rings. The highest BCUT2D eigenvalue weighted by Crippen LogP contribution is 2.30. The van der Waals surface area contributed by atoms with E-state index in [2.05, 4.69) is 37.9 Å². The van der Waals surface area contributed by atoms with Gasteiger partial charge in [0.05, 0.1) is 9.90 Å². The summed E-state index contributed by atoms with van der Waals surface area (Å²) < 4.78 is 0.966. The topological polar surface area (TPSA) is 32.3 Å². The zero-order chi connectivity index (χ0) is 14.6. The van der Waals surface area contributed by atoms with Crippen LogP contribution in [0.2, 0.25) is 8.67 Å². The second-order valence-corrected chi connectivity index (χ2v) is 7.20. The van der Waals surface area contributed by atoms with Crippen molar-refractivity contribution in [3.63, 3.8) is 0 Å². The minimum Gasteiger partial charge on any atom is -0.351 e. The van der Waals surface area contributed by atoms with E-state index < -0.39 is 0 Å². The minimum absolute atomic E-state index is 0.166. The second kappa shape index (κ2) is 7.48. The molecule has 1 N–H and O–H groups in total. The lowest BCUT2D eigenvalue weighted by molar-refractivity contribution is 0.0940. The van der Waals surface area contributed by atoms with Crippen LogP contribution < -0.4 is 5.32 Å². The van der Waals surface area contributed by atoms with E-state index in [1.54, 1.807) is 6.07 Å². The number of halogens is 2. The zero-order valence-corrected chi connectivity index (χ0v) is 14.0. The van der Waals surface area contributed by atoms with Crippen LogP contribution in [0, 0.1) is 0 Å². The third kappa shape index (κ3) is 4.95. The molecule has 0 bridgehead atoms. The summed E-state index contributed by atoms with van der Waals surface area (Å²) in [6.45, 7) is 10.0. The molecule has 0 aliphatic carbocycles. The van der Waals surface area contributed by atoms with Crippen LogP contribution >= 0.6 is 34.5 Å². The molecule has 1 aromatic heterocycles. The normalized spacial score (nSPS) is 11.6. The Morgan fingerprint density at radius 3 is 2.32 bits per heavy atom. The Kier molecular flexibility index (Phi) is 6.60. The van der Waals surface area contributed by atoms with Gasteiger partial charge in [0.15, 0.2) is 0 Å². The van der Waals surface area contributed by atoms with Crippen LogP contribution in [0.4, 0.5) is 0 Å². The molecule has 108 valence electrons. The van der Waals surface area contributed by atoms with Gasteiger partial charge in [-0.05, 0) is 33.8 Å². The van der Waals surface area contributed by atoms with Crippen molar-refractivity contribution in [3.8, 4) is 0 Å². The quantitative estimate of drug-likeness (QED) is 0.861. The van der Waals surface area contributed by atoms with E-state index in [0.717, 1.165) is 6.54 Å². The van der Waals surface area contributed by atoms with Crippen molar-refractivity contribution in [1.29, 1.82) is 0 Å². The molecule has 0 saturated heterocycles. The lowest BCUT2D eigenvalue weighted by Gasteiger charge is -2.30. The van der Waals surface area contributed by atoms with E-state index >= 15 is 0 Å². The smallest absolute Gasteiger partial charge is 0.253 e. The van der Waals surface area contributed by atoms with Crippen molar-refractivity contribution in [3.05, 3.63) is 20.3 Å². The number of hydrogen-bond donors (Lipinski definition) is 1. The molecule has 1 heterocycles. The standard InChI is InChI=1S/C13H20Cl2N2OS/c1-8(2)17(9(3)4)6-5-16-13(18)10-7-11(14)19-12(10)15/h7-9H,5-6H2,1-4H3,(H,16,18). The summed E-state index contributed by atoms with van der Waals surface area (Å²) in [7, 11) is 0. The first-order valence-electron chi connectivity index (χ1n) is 6.31. The SMILES string of the molecule is CC(C)N(CCNC(=O)c1cc(Cl)sc1Cl)C(C)C. The van der Waals surface area contributed by atoms with Crippen molar-refractivity contribution < 1.29 is 4.79 Å². The monoisotopic (exact) mass is 322 g/mol. The van der Waals surface area contributed by atoms with E-state index in [0.29, 0.717) is 32.9 Å². The number of nitrogens with one attached hydrogen (secondary N) is 1. The first-order chi connectivity index (χ1) is 8.82. The van der Waals surface area contributed by atoms with Gasteiger partial charge in [0.1, 0.15) is 4.34 Å². The Morgan fingerprint density at radius 2 is 1.89 bits per heavy atom. The maximum Gasteiger partial charge on any atom is 0.253 e. The van der Waals surface area contributed by atoms with Crippen LogP contribution in [0.3, 0.4) is 0 Å². The molecule has 0 radical (unpaired) electrons. The first kappa shape index (κ1) is 16.8. The lowest BCUT2D eigenvalue weighted by Crippen LogP contribution is -2.42. The number of nitrogens with zero attached hydrogens (tertiary/aromatic N) is 1. The lowest BCUT2D eigenvalue weighted by atomic mass is 10.2. The molecule has 0 spiro atoms. The number of amides is 1. The van der Waals surface area contributed by atoms with Crippen LogP contribution in [-0.2, 0) is 0 Å². The van der Waals surface area contributed by atoms with E-state index in [-0.39, 0.29) is 5.91 Å². The van der Waals surface area contributed by atoms with Crippen molar-refractivity contribution >= 4 is 40.4 Å². The van der Waals surface area contributed by atoms with Crippen molar-refractivity contribution in [2.75, 3.05) is 13.1 Å². The van der Waals surface area contributed by atoms with Gasteiger partial charge >= 0.3 is 0 Å². The van der Waals surface area contributed by atoms with Gasteiger partial charge < -0.3 is 5.32 Å². The largest absolute Gasteiger partial charge is 0.351 e. The molecule has 0 unspecified atom stereocenters. The molecule has 1 amide bonds. The highest BCUT2D eigenvalue weighted by Gasteiger charge is 2.16. The molecule has 0 aliphatic heterocycles. The Bertz CT molecular complexity index is 424. The van der Waals surface area contributed by atoms with Gasteiger partial charge in [-0.15, -0.1) is 11.3 Å². The average Bonchev–Trinajstić information content (AvgIpc) is 2.62. The predicted octanol–water partition coefficient (Wildman–Crippen LogP) is 3.90. The van der Waals surface area contributed by atoms with Crippen LogP contribution in [0.5, 0.6) is 0 Å². The summed E-state index contributed by atoms with van der Waals surface area (Å²) in [5.74, 6) is -0.166. The Hall–Kier alpha value is -0.290. The van der Waals surface area contributed by atoms with Crippen LogP contribution in [0.1, 0.15) is 38.1 Å². The summed E-state index contributed by atoms with van der Waals surface area (Å²) in [5, 5.41) is 2.88. The van der Waals surface area contributed by atoms with Gasteiger partial charge in [-0.2, -0.15) is 0 Å². The number of carbonyl (C=O) groups excluding carboxylic acids is 1. The second-order valence-electron chi connectivity index (χ2n) is 4.92. The van der Waals surface area contributed by atoms with E-state index in [9.17, 15) is 4.79 Å². The minimum atomic E-state index is -0.166. The third-order valence-corrected chi connectivity index (χ3v) is 4.37. The van der Waals surface area contributed by atoms with Gasteiger partial charge in [-0.1, -0.05) is 23.2 Å². The highest BCUT2D eigenvalue weighted by molar-refractivity contribution is 7.20. The fourth-order valence-corrected chi connectivity index (χ4v) is 3.46. The molecule has 19 heavy (non-hydrogen) atoms. The molecule has 0 atom stereocenters. The Labute approximate surface area is 128 Å². The van der Waals surface area contributed by atoms with Crippen molar-refractivity contribution in [1.82, 2.24) is 10.2 Å². The first-order valence-corrected chi connectivity index (χ1v) is 7.89. The molecular formula is C13H20Cl2N2OS. The summed E-state index contributed by atoms with van der Waals surface area (Å²) in [6, 6.07) is 2.51. The average molecular weight is 323 g/mol. The maximum atomic E-state index is 11.9. The molecule has 1 rings (SSSR count). The predicted molar refractivity (Wildman–Crippen MR) is 83.7 cm³/mol. The number of rotatable bonds is 6. The summed E-state index contributed by atoms with van der Waals surface area (Å²) in [4.78, 5) is 14.3. The maximum absolute atomic E-state index is 11.9. The fraction of sp³-hybridized carbons (Fsp3) is 0.615. The van der Waals surface area contributed by atoms with Gasteiger partial charge in [-0.25, -0.2) is 0 Å². The van der Waals surface area contributed by atoms with Crippen LogP contribution in [0.15, 0.2) is 6.07 Å². The molecule has 3 nitrogen and oxygen atoms in total. The molecule has 0 aliphatic rings. The Balaban J connectivity index is 2.49. The van der Waals surface area contributed by atoms with Crippen molar-refractivity contribution in [2.45, 2.75) is 39.8 Å². The van der Waals surface area contributed by atoms with Crippen molar-refractivity contribution in [2.24, 2.45) is 0 Å². The number of hydrogen-bond acceptors (Lipinski definition) is 3. The molecule has 0 aromatic carbocycles. The van der Waals surface area contributed by atoms with E-state index in [1.165, 1.54) is 11.3 Å². The Morgan fingerprint density at radius 1 is 1.32 bits per heavy atom. The summed E-state index contributed by atoms with van der Waals surface area (Å²) in [5.41, 5.74) is 0.456. The molecule has 1 aromatic rings. The summed E-state index contributed by atoms with van der Waals surface area (Å²) in [6.07, 6.45) is 0. The molecule has 6 heteroatoms. The van der Waals surface area contributed by atoms with Gasteiger partial charge in [0.25, 0.3) is 5.91 Å². The highest BCUT2D eigenvalue weighted by atomic mass is 35.5. The zero-order valence-electron chi connectivity index (χ0n) is 11.7. The summed E-state index contributed by atoms with van der Waals surface area (Å²) >= 11 is 13.0. The van der Waals surface area contributed by atoms with Gasteiger partial charge in [0, 0.05) is 25.2 Å². The molecular weight excluding hydrogens is 303 g/mol. The van der Waals surface area contributed by atoms with E-state index in [1.807, 2.05) is 0 Å². The molecule has 0 saturated carbocycles. The number of thiophene rings is 1. The van der Waals surface area contributed by atoms with Crippen LogP contribution in [0.25, 0.3) is 0 Å². The fourth-order valence-electron chi connectivity index (χ4n) is 2.00. The van der Waals surface area contributed by atoms with Crippen LogP contribution in [-0.4, -0.2) is 36.0 Å². The van der Waals surface area contributed by atoms with Gasteiger partial charge in [-0.3, -0.25) is 9.69 Å². The number of carbonyl (C=O) groups is 1. The van der Waals surface area contributed by atoms with E-state index in [4.69, 9.17) is 23.2 Å².